The molecule has 2 aromatic rings. The molecule has 2 aromatic heterocycles. The SMILES string of the molecule is COCCCNC(=NCc1nnc(C)n1C)NCC(C)(O)c1ccsc1.I. The molecule has 0 aliphatic heterocycles. The number of hydrogen-bond donors (Lipinski definition) is 3. The van der Waals surface area contributed by atoms with E-state index in [1.807, 2.05) is 35.4 Å². The van der Waals surface area contributed by atoms with Crippen LogP contribution in [0.2, 0.25) is 0 Å². The Kier molecular flexibility index (Phi) is 10.2. The average molecular weight is 508 g/mol. The molecule has 0 aliphatic rings. The summed E-state index contributed by atoms with van der Waals surface area (Å²) in [7, 11) is 3.60. The van der Waals surface area contributed by atoms with Crippen molar-refractivity contribution in [3.8, 4) is 0 Å². The second-order valence-corrected chi connectivity index (χ2v) is 7.08. The lowest BCUT2D eigenvalue weighted by Gasteiger charge is -2.24. The zero-order valence-corrected chi connectivity index (χ0v) is 19.4. The molecule has 0 fully saturated rings. The maximum absolute atomic E-state index is 10.7. The average Bonchev–Trinajstić information content (AvgIpc) is 3.26. The second-order valence-electron chi connectivity index (χ2n) is 6.30. The van der Waals surface area contributed by atoms with Crippen LogP contribution in [0.25, 0.3) is 0 Å². The highest BCUT2D eigenvalue weighted by Gasteiger charge is 2.23. The van der Waals surface area contributed by atoms with Crippen molar-refractivity contribution in [1.29, 1.82) is 0 Å². The van der Waals surface area contributed by atoms with E-state index in [4.69, 9.17) is 4.74 Å². The number of halogens is 1. The van der Waals surface area contributed by atoms with E-state index in [1.165, 1.54) is 0 Å². The first-order valence-corrected chi connectivity index (χ1v) is 9.49. The van der Waals surface area contributed by atoms with Gasteiger partial charge in [0.15, 0.2) is 11.8 Å². The number of hydrogen-bond acceptors (Lipinski definition) is 6. The van der Waals surface area contributed by atoms with Crippen molar-refractivity contribution in [2.45, 2.75) is 32.4 Å². The highest BCUT2D eigenvalue weighted by molar-refractivity contribution is 14.0. The standard InChI is InChI=1S/C17H28N6O2S.HI/c1-13-21-22-15(23(13)3)10-19-16(18-7-5-8-25-4)20-12-17(2,24)14-6-9-26-11-14;/h6,9,11,24H,5,7-8,10,12H2,1-4H3,(H2,18,19,20);1H. The second kappa shape index (κ2) is 11.6. The van der Waals surface area contributed by atoms with Crippen molar-refractivity contribution in [2.75, 3.05) is 26.8 Å². The fraction of sp³-hybridized carbons (Fsp3) is 0.588. The van der Waals surface area contributed by atoms with Gasteiger partial charge in [0.25, 0.3) is 0 Å². The van der Waals surface area contributed by atoms with E-state index in [9.17, 15) is 5.11 Å². The van der Waals surface area contributed by atoms with Gasteiger partial charge >= 0.3 is 0 Å². The van der Waals surface area contributed by atoms with Gasteiger partial charge in [0.2, 0.25) is 0 Å². The molecule has 8 nitrogen and oxygen atoms in total. The predicted octanol–water partition coefficient (Wildman–Crippen LogP) is 1.78. The number of aliphatic hydroxyl groups is 1. The minimum absolute atomic E-state index is 0. The molecular formula is C17H29IN6O2S. The summed E-state index contributed by atoms with van der Waals surface area (Å²) in [4.78, 5) is 4.57. The van der Waals surface area contributed by atoms with Crippen molar-refractivity contribution in [1.82, 2.24) is 25.4 Å². The number of nitrogens with one attached hydrogen (secondary N) is 2. The first-order valence-electron chi connectivity index (χ1n) is 8.55. The Morgan fingerprint density at radius 2 is 2.19 bits per heavy atom. The zero-order chi connectivity index (χ0) is 19.0. The van der Waals surface area contributed by atoms with Gasteiger partial charge in [-0.15, -0.1) is 34.2 Å². The molecule has 2 heterocycles. The van der Waals surface area contributed by atoms with Gasteiger partial charge in [-0.2, -0.15) is 11.3 Å². The van der Waals surface area contributed by atoms with Crippen molar-refractivity contribution < 1.29 is 9.84 Å². The van der Waals surface area contributed by atoms with E-state index >= 15 is 0 Å². The summed E-state index contributed by atoms with van der Waals surface area (Å²) >= 11 is 1.57. The molecule has 0 amide bonds. The predicted molar refractivity (Wildman–Crippen MR) is 119 cm³/mol. The van der Waals surface area contributed by atoms with E-state index in [0.717, 1.165) is 30.2 Å². The van der Waals surface area contributed by atoms with Crippen LogP contribution in [0.1, 0.15) is 30.6 Å². The Labute approximate surface area is 181 Å². The summed E-state index contributed by atoms with van der Waals surface area (Å²) in [6.45, 7) is 5.83. The summed E-state index contributed by atoms with van der Waals surface area (Å²) in [5.74, 6) is 2.25. The molecule has 0 radical (unpaired) electrons. The van der Waals surface area contributed by atoms with E-state index in [1.54, 1.807) is 25.4 Å². The van der Waals surface area contributed by atoms with Crippen LogP contribution < -0.4 is 10.6 Å². The topological polar surface area (TPSA) is 96.6 Å². The Bertz CT molecular complexity index is 702. The van der Waals surface area contributed by atoms with Crippen LogP contribution in [-0.2, 0) is 23.9 Å². The molecule has 0 aromatic carbocycles. The molecule has 0 aliphatic carbocycles. The molecule has 0 saturated heterocycles. The van der Waals surface area contributed by atoms with Gasteiger partial charge in [-0.05, 0) is 42.7 Å². The smallest absolute Gasteiger partial charge is 0.191 e. The first kappa shape index (κ1) is 23.8. The lowest BCUT2D eigenvalue weighted by molar-refractivity contribution is 0.0621. The number of rotatable bonds is 9. The number of methoxy groups -OCH3 is 1. The quantitative estimate of drug-likeness (QED) is 0.207. The molecule has 2 rings (SSSR count). The fourth-order valence-corrected chi connectivity index (χ4v) is 3.05. The van der Waals surface area contributed by atoms with Gasteiger partial charge in [-0.1, -0.05) is 0 Å². The Morgan fingerprint density at radius 3 is 2.78 bits per heavy atom. The van der Waals surface area contributed by atoms with Crippen LogP contribution in [-0.4, -0.2) is 52.6 Å². The highest BCUT2D eigenvalue weighted by atomic mass is 127. The molecule has 0 bridgehead atoms. The van der Waals surface area contributed by atoms with Gasteiger partial charge in [-0.25, -0.2) is 4.99 Å². The third-order valence-corrected chi connectivity index (χ3v) is 4.81. The van der Waals surface area contributed by atoms with E-state index < -0.39 is 5.60 Å². The molecule has 3 N–H and O–H groups in total. The van der Waals surface area contributed by atoms with Crippen LogP contribution in [0.3, 0.4) is 0 Å². The third-order valence-electron chi connectivity index (χ3n) is 4.12. The summed E-state index contributed by atoms with van der Waals surface area (Å²) in [6.07, 6.45) is 0.862. The van der Waals surface area contributed by atoms with Gasteiger partial charge in [0.05, 0.1) is 6.54 Å². The number of aliphatic imine (C=N–C) groups is 1. The number of nitrogens with zero attached hydrogens (tertiary/aromatic N) is 4. The maximum atomic E-state index is 10.7. The summed E-state index contributed by atoms with van der Waals surface area (Å²) < 4.78 is 6.98. The number of guanidine groups is 1. The summed E-state index contributed by atoms with van der Waals surface area (Å²) in [5.41, 5.74) is -0.0891. The van der Waals surface area contributed by atoms with E-state index in [-0.39, 0.29) is 24.0 Å². The minimum Gasteiger partial charge on any atom is -0.385 e. The summed E-state index contributed by atoms with van der Waals surface area (Å²) in [6, 6.07) is 1.93. The summed E-state index contributed by atoms with van der Waals surface area (Å²) in [5, 5.41) is 29.2. The van der Waals surface area contributed by atoms with E-state index in [2.05, 4.69) is 25.8 Å². The Morgan fingerprint density at radius 1 is 1.41 bits per heavy atom. The van der Waals surface area contributed by atoms with Crippen LogP contribution in [0.15, 0.2) is 21.8 Å². The van der Waals surface area contributed by atoms with Crippen molar-refractivity contribution in [3.63, 3.8) is 0 Å². The van der Waals surface area contributed by atoms with Crippen LogP contribution >= 0.6 is 35.3 Å². The molecule has 152 valence electrons. The maximum Gasteiger partial charge on any atom is 0.191 e. The first-order chi connectivity index (χ1) is 12.4. The number of aromatic nitrogens is 3. The van der Waals surface area contributed by atoms with Crippen LogP contribution in [0.4, 0.5) is 0 Å². The highest BCUT2D eigenvalue weighted by Crippen LogP contribution is 2.21. The molecular weight excluding hydrogens is 479 g/mol. The van der Waals surface area contributed by atoms with Gasteiger partial charge in [0, 0.05) is 27.3 Å². The molecule has 0 saturated carbocycles. The van der Waals surface area contributed by atoms with Crippen molar-refractivity contribution >= 4 is 41.3 Å². The largest absolute Gasteiger partial charge is 0.385 e. The van der Waals surface area contributed by atoms with Crippen molar-refractivity contribution in [3.05, 3.63) is 34.0 Å². The van der Waals surface area contributed by atoms with Crippen LogP contribution in [0.5, 0.6) is 0 Å². The molecule has 1 atom stereocenters. The van der Waals surface area contributed by atoms with Gasteiger partial charge in [-0.3, -0.25) is 0 Å². The Hall–Kier alpha value is -1.24. The van der Waals surface area contributed by atoms with Crippen molar-refractivity contribution in [2.24, 2.45) is 12.0 Å². The third kappa shape index (κ3) is 7.35. The van der Waals surface area contributed by atoms with Gasteiger partial charge < -0.3 is 25.0 Å². The van der Waals surface area contributed by atoms with Crippen LogP contribution in [0, 0.1) is 6.92 Å². The molecule has 10 heteroatoms. The number of thiophene rings is 1. The zero-order valence-electron chi connectivity index (χ0n) is 16.2. The number of ether oxygens (including phenoxy) is 1. The minimum atomic E-state index is -0.976. The molecule has 1 unspecified atom stereocenters. The lowest BCUT2D eigenvalue weighted by atomic mass is 9.99. The number of aryl methyl sites for hydroxylation is 1. The van der Waals surface area contributed by atoms with Gasteiger partial charge in [0.1, 0.15) is 18.0 Å². The fourth-order valence-electron chi connectivity index (χ4n) is 2.26. The normalized spacial score (nSPS) is 13.7. The lowest BCUT2D eigenvalue weighted by Crippen LogP contribution is -2.44. The Balaban J connectivity index is 0.00000364. The monoisotopic (exact) mass is 508 g/mol. The molecule has 0 spiro atoms. The van der Waals surface area contributed by atoms with E-state index in [0.29, 0.717) is 25.7 Å². The molecule has 27 heavy (non-hydrogen) atoms.